The smallest absolute Gasteiger partial charge is 0.121 e. The lowest BCUT2D eigenvalue weighted by molar-refractivity contribution is 0.415. The molecule has 1 N–H and O–H groups in total. The zero-order valence-corrected chi connectivity index (χ0v) is 13.3. The van der Waals surface area contributed by atoms with Gasteiger partial charge in [-0.05, 0) is 37.4 Å². The van der Waals surface area contributed by atoms with Crippen LogP contribution < -0.4 is 10.1 Å². The van der Waals surface area contributed by atoms with Crippen molar-refractivity contribution < 1.29 is 4.74 Å². The molecule has 5 nitrogen and oxygen atoms in total. The molecule has 0 bridgehead atoms. The van der Waals surface area contributed by atoms with E-state index < -0.39 is 0 Å². The first-order valence-corrected chi connectivity index (χ1v) is 7.45. The van der Waals surface area contributed by atoms with Gasteiger partial charge in [0.05, 0.1) is 12.8 Å². The summed E-state index contributed by atoms with van der Waals surface area (Å²) in [7, 11) is 1.64. The van der Waals surface area contributed by atoms with Gasteiger partial charge in [0, 0.05) is 6.07 Å². The maximum absolute atomic E-state index is 5.16. The van der Waals surface area contributed by atoms with Crippen LogP contribution in [0.4, 0.5) is 0 Å². The third-order valence-electron chi connectivity index (χ3n) is 3.07. The van der Waals surface area contributed by atoms with Crippen LogP contribution in [-0.4, -0.2) is 35.2 Å². The van der Waals surface area contributed by atoms with E-state index in [1.807, 2.05) is 48.5 Å². The molecule has 3 aromatic rings. The number of nitrogens with one attached hydrogen (secondary N) is 1. The van der Waals surface area contributed by atoms with Gasteiger partial charge in [-0.15, -0.1) is 10.2 Å². The van der Waals surface area contributed by atoms with E-state index in [4.69, 9.17) is 4.74 Å². The Kier molecular flexibility index (Phi) is 5.91. The number of para-hydroxylation sites is 1. The molecule has 0 aliphatic rings. The summed E-state index contributed by atoms with van der Waals surface area (Å²) in [6, 6.07) is 15.5. The zero-order chi connectivity index (χ0) is 15.8. The van der Waals surface area contributed by atoms with Gasteiger partial charge in [-0.25, -0.2) is 0 Å². The number of methoxy groups -OCH3 is 1. The van der Waals surface area contributed by atoms with Crippen molar-refractivity contribution in [2.45, 2.75) is 13.8 Å². The Morgan fingerprint density at radius 3 is 2.23 bits per heavy atom. The molecule has 0 fully saturated rings. The van der Waals surface area contributed by atoms with Crippen molar-refractivity contribution in [3.63, 3.8) is 0 Å². The second-order valence-corrected chi connectivity index (χ2v) is 4.64. The molecule has 1 heterocycles. The molecule has 0 radical (unpaired) electrons. The monoisotopic (exact) mass is 298 g/mol. The number of nitrogens with zero attached hydrogens (tertiary/aromatic N) is 3. The largest absolute Gasteiger partial charge is 0.497 e. The highest BCUT2D eigenvalue weighted by atomic mass is 16.5. The lowest BCUT2D eigenvalue weighted by Gasteiger charge is -1.96. The van der Waals surface area contributed by atoms with E-state index in [1.165, 1.54) is 0 Å². The fraction of sp³-hybridized carbons (Fsp3) is 0.294. The van der Waals surface area contributed by atoms with E-state index in [0.29, 0.717) is 0 Å². The maximum Gasteiger partial charge on any atom is 0.121 e. The Morgan fingerprint density at radius 1 is 0.955 bits per heavy atom. The lowest BCUT2D eigenvalue weighted by atomic mass is 10.3. The van der Waals surface area contributed by atoms with E-state index in [1.54, 1.807) is 11.9 Å². The van der Waals surface area contributed by atoms with E-state index in [2.05, 4.69) is 29.4 Å². The standard InChI is InChI=1S/C13H11N3O.C4H11N/c1-17-11-7-8-12-13(9-11)15-16(14-12)10-5-3-2-4-6-10;1-3-5-4-2/h2-9H,1H3;5H,3-4H2,1-2H3. The average Bonchev–Trinajstić information content (AvgIpc) is 3.00. The van der Waals surface area contributed by atoms with E-state index in [-0.39, 0.29) is 0 Å². The van der Waals surface area contributed by atoms with Gasteiger partial charge in [-0.1, -0.05) is 32.0 Å². The van der Waals surface area contributed by atoms with E-state index in [9.17, 15) is 0 Å². The molecule has 0 unspecified atom stereocenters. The summed E-state index contributed by atoms with van der Waals surface area (Å²) in [5.74, 6) is 0.789. The van der Waals surface area contributed by atoms with Gasteiger partial charge >= 0.3 is 0 Å². The second-order valence-electron chi connectivity index (χ2n) is 4.64. The van der Waals surface area contributed by atoms with Gasteiger partial charge in [0.1, 0.15) is 16.8 Å². The van der Waals surface area contributed by atoms with Crippen LogP contribution in [0.5, 0.6) is 5.75 Å². The third-order valence-corrected chi connectivity index (χ3v) is 3.07. The normalized spacial score (nSPS) is 10.1. The van der Waals surface area contributed by atoms with Gasteiger partial charge in [0.2, 0.25) is 0 Å². The first-order chi connectivity index (χ1) is 10.8. The number of aromatic nitrogens is 3. The molecule has 22 heavy (non-hydrogen) atoms. The first kappa shape index (κ1) is 16.0. The highest BCUT2D eigenvalue weighted by Crippen LogP contribution is 2.18. The lowest BCUT2D eigenvalue weighted by Crippen LogP contribution is -2.09. The quantitative estimate of drug-likeness (QED) is 0.804. The van der Waals surface area contributed by atoms with Gasteiger partial charge in [0.15, 0.2) is 0 Å². The van der Waals surface area contributed by atoms with Gasteiger partial charge in [-0.3, -0.25) is 0 Å². The van der Waals surface area contributed by atoms with E-state index in [0.717, 1.165) is 35.6 Å². The van der Waals surface area contributed by atoms with Crippen molar-refractivity contribution in [1.82, 2.24) is 20.3 Å². The summed E-state index contributed by atoms with van der Waals surface area (Å²) in [5.41, 5.74) is 2.63. The average molecular weight is 298 g/mol. The molecular formula is C17H22N4O. The van der Waals surface area contributed by atoms with Crippen LogP contribution >= 0.6 is 0 Å². The number of rotatable bonds is 4. The summed E-state index contributed by atoms with van der Waals surface area (Å²) < 4.78 is 5.16. The summed E-state index contributed by atoms with van der Waals surface area (Å²) >= 11 is 0. The number of benzene rings is 2. The molecule has 0 saturated carbocycles. The molecule has 0 saturated heterocycles. The highest BCUT2D eigenvalue weighted by molar-refractivity contribution is 5.75. The molecule has 2 aromatic carbocycles. The highest BCUT2D eigenvalue weighted by Gasteiger charge is 2.04. The third kappa shape index (κ3) is 4.05. The van der Waals surface area contributed by atoms with Crippen LogP contribution in [0.3, 0.4) is 0 Å². The number of ether oxygens (including phenoxy) is 1. The Labute approximate surface area is 130 Å². The molecule has 1 aromatic heterocycles. The van der Waals surface area contributed by atoms with Crippen molar-refractivity contribution in [3.05, 3.63) is 48.5 Å². The molecular weight excluding hydrogens is 276 g/mol. The number of fused-ring (bicyclic) bond motifs is 1. The Balaban J connectivity index is 0.000000309. The first-order valence-electron chi connectivity index (χ1n) is 7.45. The molecule has 0 amide bonds. The van der Waals surface area contributed by atoms with Crippen LogP contribution in [0.1, 0.15) is 13.8 Å². The van der Waals surface area contributed by atoms with Gasteiger partial charge in [-0.2, -0.15) is 4.80 Å². The molecule has 3 rings (SSSR count). The molecule has 0 aliphatic heterocycles. The predicted octanol–water partition coefficient (Wildman–Crippen LogP) is 3.04. The van der Waals surface area contributed by atoms with Crippen LogP contribution in [0.25, 0.3) is 16.7 Å². The predicted molar refractivity (Wildman–Crippen MR) is 89.6 cm³/mol. The zero-order valence-electron chi connectivity index (χ0n) is 13.3. The fourth-order valence-electron chi connectivity index (χ4n) is 1.95. The SMILES string of the molecule is CCNCC.COc1ccc2nn(-c3ccccc3)nc2c1. The minimum Gasteiger partial charge on any atom is -0.497 e. The van der Waals surface area contributed by atoms with Crippen molar-refractivity contribution >= 4 is 11.0 Å². The topological polar surface area (TPSA) is 52.0 Å². The molecule has 0 spiro atoms. The van der Waals surface area contributed by atoms with E-state index >= 15 is 0 Å². The van der Waals surface area contributed by atoms with Crippen LogP contribution in [-0.2, 0) is 0 Å². The summed E-state index contributed by atoms with van der Waals surface area (Å²) in [4.78, 5) is 1.63. The van der Waals surface area contributed by atoms with Gasteiger partial charge < -0.3 is 10.1 Å². The van der Waals surface area contributed by atoms with Crippen LogP contribution in [0.15, 0.2) is 48.5 Å². The molecule has 5 heteroatoms. The Morgan fingerprint density at radius 2 is 1.64 bits per heavy atom. The van der Waals surface area contributed by atoms with Gasteiger partial charge in [0.25, 0.3) is 0 Å². The number of hydrogen-bond donors (Lipinski definition) is 1. The maximum atomic E-state index is 5.16. The summed E-state index contributed by atoms with van der Waals surface area (Å²) in [6.07, 6.45) is 0. The Hall–Kier alpha value is -2.40. The molecule has 0 aliphatic carbocycles. The summed E-state index contributed by atoms with van der Waals surface area (Å²) in [6.45, 7) is 6.39. The minimum atomic E-state index is 0.789. The van der Waals surface area contributed by atoms with Crippen molar-refractivity contribution in [3.8, 4) is 11.4 Å². The molecule has 0 atom stereocenters. The van der Waals surface area contributed by atoms with Crippen molar-refractivity contribution in [2.24, 2.45) is 0 Å². The second kappa shape index (κ2) is 8.14. The Bertz CT molecular complexity index is 692. The minimum absolute atomic E-state index is 0.789. The van der Waals surface area contributed by atoms with Crippen molar-refractivity contribution in [1.29, 1.82) is 0 Å². The van der Waals surface area contributed by atoms with Crippen molar-refractivity contribution in [2.75, 3.05) is 20.2 Å². The fourth-order valence-corrected chi connectivity index (χ4v) is 1.95. The molecule has 116 valence electrons. The van der Waals surface area contributed by atoms with Crippen LogP contribution in [0, 0.1) is 0 Å². The number of hydrogen-bond acceptors (Lipinski definition) is 4. The summed E-state index contributed by atoms with van der Waals surface area (Å²) in [5, 5.41) is 11.9. The van der Waals surface area contributed by atoms with Crippen LogP contribution in [0.2, 0.25) is 0 Å².